The number of alkyl halides is 3. The zero-order valence-electron chi connectivity index (χ0n) is 14.7. The second-order valence-electron chi connectivity index (χ2n) is 5.93. The number of hydrogen-bond donors (Lipinski definition) is 2. The number of nitrogens with two attached hydrogens (primary N) is 1. The number of ether oxygens (including phenoxy) is 1. The maximum atomic E-state index is 12.2. The Morgan fingerprint density at radius 3 is 2.46 bits per heavy atom. The van der Waals surface area contributed by atoms with Gasteiger partial charge < -0.3 is 15.8 Å². The fourth-order valence-corrected chi connectivity index (χ4v) is 2.45. The minimum atomic E-state index is -4.72. The van der Waals surface area contributed by atoms with E-state index in [0.29, 0.717) is 18.8 Å². The number of rotatable bonds is 6. The Labute approximate surface area is 159 Å². The summed E-state index contributed by atoms with van der Waals surface area (Å²) in [5, 5.41) is 7.11. The van der Waals surface area contributed by atoms with Gasteiger partial charge in [-0.2, -0.15) is 5.10 Å². The molecule has 0 fully saturated rings. The average molecular weight is 389 g/mol. The third-order valence-corrected chi connectivity index (χ3v) is 3.67. The standard InChI is InChI=1S/C19H18F3N5O/c20-19(21,22)28-17-8-6-16(7-9-17)26-18(23)24-10-15-11-25-27(13-15)12-14-4-2-1-3-5-14/h1-9,11,13H,10,12H2,(H3,23,24,26). The molecule has 0 bridgehead atoms. The fraction of sp³-hybridized carbons (Fsp3) is 0.158. The first-order valence-electron chi connectivity index (χ1n) is 8.35. The van der Waals surface area contributed by atoms with E-state index in [1.807, 2.05) is 41.2 Å². The molecule has 0 aliphatic rings. The molecule has 1 heterocycles. The van der Waals surface area contributed by atoms with Gasteiger partial charge in [0.15, 0.2) is 5.96 Å². The smallest absolute Gasteiger partial charge is 0.406 e. The van der Waals surface area contributed by atoms with Crippen LogP contribution in [0.5, 0.6) is 5.75 Å². The van der Waals surface area contributed by atoms with Crippen LogP contribution in [0.3, 0.4) is 0 Å². The third-order valence-electron chi connectivity index (χ3n) is 3.67. The van der Waals surface area contributed by atoms with Crippen molar-refractivity contribution < 1.29 is 17.9 Å². The van der Waals surface area contributed by atoms with Crippen LogP contribution in [0.1, 0.15) is 11.1 Å². The highest BCUT2D eigenvalue weighted by Gasteiger charge is 2.30. The molecule has 6 nitrogen and oxygen atoms in total. The van der Waals surface area contributed by atoms with Crippen LogP contribution in [0, 0.1) is 0 Å². The van der Waals surface area contributed by atoms with Crippen LogP contribution in [0.15, 0.2) is 72.0 Å². The predicted octanol–water partition coefficient (Wildman–Crippen LogP) is 3.76. The van der Waals surface area contributed by atoms with E-state index in [1.165, 1.54) is 24.3 Å². The van der Waals surface area contributed by atoms with Gasteiger partial charge >= 0.3 is 6.36 Å². The number of hydrogen-bond acceptors (Lipinski definition) is 3. The first-order valence-corrected chi connectivity index (χ1v) is 8.35. The molecule has 3 N–H and O–H groups in total. The summed E-state index contributed by atoms with van der Waals surface area (Å²) in [7, 11) is 0. The largest absolute Gasteiger partial charge is 0.573 e. The lowest BCUT2D eigenvalue weighted by atomic mass is 10.2. The van der Waals surface area contributed by atoms with Crippen molar-refractivity contribution in [2.24, 2.45) is 10.7 Å². The molecule has 0 unspecified atom stereocenters. The molecule has 3 rings (SSSR count). The Balaban J connectivity index is 1.53. The number of benzene rings is 2. The van der Waals surface area contributed by atoms with Gasteiger partial charge in [-0.3, -0.25) is 4.68 Å². The second kappa shape index (κ2) is 8.47. The number of aromatic nitrogens is 2. The van der Waals surface area contributed by atoms with Crippen molar-refractivity contribution in [2.45, 2.75) is 19.5 Å². The lowest BCUT2D eigenvalue weighted by Crippen LogP contribution is -2.22. The number of nitrogens with one attached hydrogen (secondary N) is 1. The van der Waals surface area contributed by atoms with Gasteiger partial charge in [0.25, 0.3) is 0 Å². The zero-order chi connectivity index (χ0) is 20.0. The van der Waals surface area contributed by atoms with Crippen molar-refractivity contribution >= 4 is 11.6 Å². The first-order chi connectivity index (χ1) is 13.4. The van der Waals surface area contributed by atoms with E-state index >= 15 is 0 Å². The van der Waals surface area contributed by atoms with E-state index in [9.17, 15) is 13.2 Å². The topological polar surface area (TPSA) is 77.5 Å². The SMILES string of the molecule is NC(=NCc1cnn(Cc2ccccc2)c1)Nc1ccc(OC(F)(F)F)cc1. The van der Waals surface area contributed by atoms with Crippen molar-refractivity contribution in [2.75, 3.05) is 5.32 Å². The molecule has 28 heavy (non-hydrogen) atoms. The van der Waals surface area contributed by atoms with E-state index in [0.717, 1.165) is 11.1 Å². The normalized spacial score (nSPS) is 12.0. The van der Waals surface area contributed by atoms with E-state index in [4.69, 9.17) is 5.73 Å². The van der Waals surface area contributed by atoms with Crippen LogP contribution in [0.4, 0.5) is 18.9 Å². The molecule has 0 aliphatic heterocycles. The summed E-state index contributed by atoms with van der Waals surface area (Å²) in [5.41, 5.74) is 8.34. The summed E-state index contributed by atoms with van der Waals surface area (Å²) in [4.78, 5) is 4.21. The number of anilines is 1. The summed E-state index contributed by atoms with van der Waals surface area (Å²) >= 11 is 0. The van der Waals surface area contributed by atoms with Crippen molar-refractivity contribution in [3.05, 3.63) is 78.1 Å². The lowest BCUT2D eigenvalue weighted by molar-refractivity contribution is -0.274. The number of halogens is 3. The van der Waals surface area contributed by atoms with Gasteiger partial charge in [-0.15, -0.1) is 13.2 Å². The minimum Gasteiger partial charge on any atom is -0.406 e. The van der Waals surface area contributed by atoms with Gasteiger partial charge in [-0.25, -0.2) is 4.99 Å². The Morgan fingerprint density at radius 2 is 1.79 bits per heavy atom. The van der Waals surface area contributed by atoms with Gasteiger partial charge in [-0.1, -0.05) is 30.3 Å². The summed E-state index contributed by atoms with van der Waals surface area (Å²) in [6.07, 6.45) is -1.13. The van der Waals surface area contributed by atoms with Gasteiger partial charge in [0.05, 0.1) is 19.3 Å². The number of aliphatic imine (C=N–C) groups is 1. The van der Waals surface area contributed by atoms with Gasteiger partial charge in [0.2, 0.25) is 0 Å². The Hall–Kier alpha value is -3.49. The monoisotopic (exact) mass is 389 g/mol. The molecule has 0 atom stereocenters. The van der Waals surface area contributed by atoms with Gasteiger partial charge in [-0.05, 0) is 29.8 Å². The fourth-order valence-electron chi connectivity index (χ4n) is 2.45. The quantitative estimate of drug-likeness (QED) is 0.497. The van der Waals surface area contributed by atoms with Gasteiger partial charge in [0, 0.05) is 17.4 Å². The van der Waals surface area contributed by atoms with Crippen LogP contribution in [-0.4, -0.2) is 22.1 Å². The predicted molar refractivity (Wildman–Crippen MR) is 99.8 cm³/mol. The Bertz CT molecular complexity index is 921. The average Bonchev–Trinajstić information content (AvgIpc) is 3.09. The summed E-state index contributed by atoms with van der Waals surface area (Å²) in [5.74, 6) is -0.167. The van der Waals surface area contributed by atoms with E-state index in [-0.39, 0.29) is 11.7 Å². The minimum absolute atomic E-state index is 0.139. The van der Waals surface area contributed by atoms with Crippen LogP contribution < -0.4 is 15.8 Å². The maximum absolute atomic E-state index is 12.2. The molecule has 0 saturated heterocycles. The molecule has 9 heteroatoms. The molecule has 0 saturated carbocycles. The molecule has 146 valence electrons. The molecule has 0 radical (unpaired) electrons. The Morgan fingerprint density at radius 1 is 1.07 bits per heavy atom. The molecular formula is C19H18F3N5O. The molecule has 0 spiro atoms. The first kappa shape index (κ1) is 19.3. The highest BCUT2D eigenvalue weighted by molar-refractivity contribution is 5.92. The van der Waals surface area contributed by atoms with Crippen LogP contribution in [-0.2, 0) is 13.1 Å². The zero-order valence-corrected chi connectivity index (χ0v) is 14.7. The second-order valence-corrected chi connectivity index (χ2v) is 5.93. The molecular weight excluding hydrogens is 371 g/mol. The van der Waals surface area contributed by atoms with E-state index in [1.54, 1.807) is 6.20 Å². The molecule has 0 amide bonds. The van der Waals surface area contributed by atoms with Crippen LogP contribution in [0.25, 0.3) is 0 Å². The lowest BCUT2D eigenvalue weighted by Gasteiger charge is -2.10. The molecule has 2 aromatic carbocycles. The van der Waals surface area contributed by atoms with E-state index in [2.05, 4.69) is 20.1 Å². The maximum Gasteiger partial charge on any atom is 0.573 e. The van der Waals surface area contributed by atoms with E-state index < -0.39 is 6.36 Å². The van der Waals surface area contributed by atoms with Gasteiger partial charge in [0.1, 0.15) is 5.75 Å². The van der Waals surface area contributed by atoms with Crippen molar-refractivity contribution in [1.29, 1.82) is 0 Å². The van der Waals surface area contributed by atoms with Crippen molar-refractivity contribution in [3.8, 4) is 5.75 Å². The highest BCUT2D eigenvalue weighted by atomic mass is 19.4. The van der Waals surface area contributed by atoms with Crippen LogP contribution in [0.2, 0.25) is 0 Å². The van der Waals surface area contributed by atoms with Crippen molar-refractivity contribution in [3.63, 3.8) is 0 Å². The molecule has 3 aromatic rings. The Kier molecular flexibility index (Phi) is 5.83. The number of guanidine groups is 1. The highest BCUT2D eigenvalue weighted by Crippen LogP contribution is 2.23. The van der Waals surface area contributed by atoms with Crippen LogP contribution >= 0.6 is 0 Å². The third kappa shape index (κ3) is 6.04. The molecule has 0 aliphatic carbocycles. The summed E-state index contributed by atoms with van der Waals surface area (Å²) in [6, 6.07) is 15.2. The molecule has 1 aromatic heterocycles. The number of nitrogens with zero attached hydrogens (tertiary/aromatic N) is 3. The summed E-state index contributed by atoms with van der Waals surface area (Å²) in [6.45, 7) is 0.980. The summed E-state index contributed by atoms with van der Waals surface area (Å²) < 4.78 is 42.1. The van der Waals surface area contributed by atoms with Crippen molar-refractivity contribution in [1.82, 2.24) is 9.78 Å².